The maximum atomic E-state index is 12.7. The summed E-state index contributed by atoms with van der Waals surface area (Å²) in [6.07, 6.45) is 2.98. The van der Waals surface area contributed by atoms with Crippen LogP contribution in [0.15, 0.2) is 36.7 Å². The van der Waals surface area contributed by atoms with Crippen LogP contribution in [0.5, 0.6) is 0 Å². The maximum Gasteiger partial charge on any atom is 0.261 e. The van der Waals surface area contributed by atoms with E-state index >= 15 is 0 Å². The van der Waals surface area contributed by atoms with Crippen LogP contribution in [-0.2, 0) is 16.3 Å². The molecule has 4 rings (SSSR count). The van der Waals surface area contributed by atoms with Crippen LogP contribution in [0, 0.1) is 12.8 Å². The highest BCUT2D eigenvalue weighted by Gasteiger charge is 2.28. The third-order valence-electron chi connectivity index (χ3n) is 5.36. The fourth-order valence-corrected chi connectivity index (χ4v) is 6.67. The molecule has 0 radical (unpaired) electrons. The summed E-state index contributed by atoms with van der Waals surface area (Å²) in [6, 6.07) is 10.2. The Morgan fingerprint density at radius 2 is 2.03 bits per heavy atom. The lowest BCUT2D eigenvalue weighted by molar-refractivity contribution is 0.0952. The largest absolute Gasteiger partial charge is 0.369 e. The molecule has 1 aromatic carbocycles. The number of carbonyl (C=O) groups excluding carboxylic acids is 1. The molecule has 1 aliphatic heterocycles. The van der Waals surface area contributed by atoms with Gasteiger partial charge in [-0.05, 0) is 36.8 Å². The minimum Gasteiger partial charge on any atom is -0.369 e. The van der Waals surface area contributed by atoms with Gasteiger partial charge in [0.05, 0.1) is 21.8 Å². The second-order valence-electron chi connectivity index (χ2n) is 7.60. The summed E-state index contributed by atoms with van der Waals surface area (Å²) < 4.78 is 23.2. The summed E-state index contributed by atoms with van der Waals surface area (Å²) in [6.45, 7) is 3.00. The summed E-state index contributed by atoms with van der Waals surface area (Å²) in [7, 11) is -2.95. The molecule has 3 aromatic rings. The van der Waals surface area contributed by atoms with Gasteiger partial charge < -0.3 is 10.6 Å². The quantitative estimate of drug-likeness (QED) is 0.581. The highest BCUT2D eigenvalue weighted by atomic mass is 32.2. The summed E-state index contributed by atoms with van der Waals surface area (Å²) in [4.78, 5) is 22.8. The molecule has 0 aliphatic carbocycles. The van der Waals surface area contributed by atoms with Gasteiger partial charge in [0.25, 0.3) is 5.91 Å². The molecule has 1 fully saturated rings. The molecule has 30 heavy (non-hydrogen) atoms. The fourth-order valence-electron chi connectivity index (χ4n) is 3.74. The van der Waals surface area contributed by atoms with Crippen molar-refractivity contribution in [2.24, 2.45) is 5.92 Å². The monoisotopic (exact) mass is 444 g/mol. The summed E-state index contributed by atoms with van der Waals surface area (Å²) in [5.41, 5.74) is 2.08. The van der Waals surface area contributed by atoms with E-state index in [1.165, 1.54) is 23.2 Å². The zero-order valence-electron chi connectivity index (χ0n) is 16.7. The Balaban J connectivity index is 1.45. The molecule has 1 atom stereocenters. The van der Waals surface area contributed by atoms with Gasteiger partial charge in [0.2, 0.25) is 0 Å². The predicted octanol–water partition coefficient (Wildman–Crippen LogP) is 2.82. The van der Waals surface area contributed by atoms with Gasteiger partial charge in [0.1, 0.15) is 17.0 Å². The molecule has 9 heteroatoms. The number of fused-ring (bicyclic) bond motifs is 1. The molecule has 0 bridgehead atoms. The average molecular weight is 445 g/mol. The molecular formula is C21H24N4O3S2. The normalized spacial score (nSPS) is 17.8. The van der Waals surface area contributed by atoms with Crippen LogP contribution in [-0.4, -0.2) is 48.9 Å². The van der Waals surface area contributed by atoms with E-state index in [1.807, 2.05) is 25.1 Å². The Morgan fingerprint density at radius 3 is 2.77 bits per heavy atom. The number of thiophene rings is 1. The molecule has 3 heterocycles. The van der Waals surface area contributed by atoms with Crippen molar-refractivity contribution in [2.45, 2.75) is 19.8 Å². The van der Waals surface area contributed by atoms with Gasteiger partial charge in [-0.2, -0.15) is 0 Å². The smallest absolute Gasteiger partial charge is 0.261 e. The number of hydrogen-bond acceptors (Lipinski definition) is 7. The van der Waals surface area contributed by atoms with E-state index in [2.05, 4.69) is 32.7 Å². The number of aryl methyl sites for hydroxylation is 1. The lowest BCUT2D eigenvalue weighted by Gasteiger charge is -2.09. The maximum absolute atomic E-state index is 12.7. The minimum atomic E-state index is -2.95. The number of anilines is 1. The van der Waals surface area contributed by atoms with Crippen LogP contribution < -0.4 is 10.6 Å². The lowest BCUT2D eigenvalue weighted by atomic mass is 10.1. The summed E-state index contributed by atoms with van der Waals surface area (Å²) >= 11 is 1.34. The van der Waals surface area contributed by atoms with E-state index in [-0.39, 0.29) is 23.3 Å². The number of carbonyl (C=O) groups is 1. The standard InChI is InChI=1S/C21H24N4O3S2/c1-14-17-19(22-9-7-15-5-3-2-4-6-15)24-13-25-21(17)29-18(14)20(26)23-11-16-8-10-30(27,28)12-16/h2-6,13,16H,7-12H2,1H3,(H,23,26)(H,22,24,25)/t16-/m0/s1. The number of sulfone groups is 1. The van der Waals surface area contributed by atoms with E-state index in [0.29, 0.717) is 17.8 Å². The first-order valence-electron chi connectivity index (χ1n) is 9.93. The van der Waals surface area contributed by atoms with Gasteiger partial charge in [0.15, 0.2) is 9.84 Å². The third-order valence-corrected chi connectivity index (χ3v) is 8.40. The van der Waals surface area contributed by atoms with Gasteiger partial charge in [-0.1, -0.05) is 30.3 Å². The fraction of sp³-hybridized carbons (Fsp3) is 0.381. The predicted molar refractivity (Wildman–Crippen MR) is 120 cm³/mol. The second-order valence-corrected chi connectivity index (χ2v) is 10.8. The number of nitrogens with one attached hydrogen (secondary N) is 2. The molecule has 1 amide bonds. The van der Waals surface area contributed by atoms with Crippen molar-refractivity contribution in [3.63, 3.8) is 0 Å². The highest BCUT2D eigenvalue weighted by Crippen LogP contribution is 2.33. The van der Waals surface area contributed by atoms with Gasteiger partial charge in [-0.25, -0.2) is 18.4 Å². The molecule has 1 aliphatic rings. The Kier molecular flexibility index (Phi) is 6.01. The first-order chi connectivity index (χ1) is 14.4. The SMILES string of the molecule is Cc1c(C(=O)NC[C@@H]2CCS(=O)(=O)C2)sc2ncnc(NCCc3ccccc3)c12. The van der Waals surface area contributed by atoms with Crippen LogP contribution in [0.3, 0.4) is 0 Å². The van der Waals surface area contributed by atoms with Crippen LogP contribution in [0.25, 0.3) is 10.2 Å². The molecular weight excluding hydrogens is 420 g/mol. The first-order valence-corrected chi connectivity index (χ1v) is 12.6. The van der Waals surface area contributed by atoms with Crippen molar-refractivity contribution < 1.29 is 13.2 Å². The summed E-state index contributed by atoms with van der Waals surface area (Å²) in [5.74, 6) is 0.896. The number of aromatic nitrogens is 2. The first kappa shape index (κ1) is 20.7. The van der Waals surface area contributed by atoms with Gasteiger partial charge in [0, 0.05) is 13.1 Å². The van der Waals surface area contributed by atoms with Crippen molar-refractivity contribution in [1.29, 1.82) is 0 Å². The Hall–Kier alpha value is -2.52. The second kappa shape index (κ2) is 8.69. The van der Waals surface area contributed by atoms with Crippen LogP contribution in [0.2, 0.25) is 0 Å². The molecule has 1 saturated heterocycles. The van der Waals surface area contributed by atoms with Crippen molar-refractivity contribution in [1.82, 2.24) is 15.3 Å². The van der Waals surface area contributed by atoms with Gasteiger partial charge >= 0.3 is 0 Å². The van der Waals surface area contributed by atoms with Crippen LogP contribution >= 0.6 is 11.3 Å². The molecule has 158 valence electrons. The van der Waals surface area contributed by atoms with E-state index in [4.69, 9.17) is 0 Å². The molecule has 0 saturated carbocycles. The van der Waals surface area contributed by atoms with Crippen molar-refractivity contribution >= 4 is 43.1 Å². The average Bonchev–Trinajstić information content (AvgIpc) is 3.26. The number of amides is 1. The lowest BCUT2D eigenvalue weighted by Crippen LogP contribution is -2.29. The van der Waals surface area contributed by atoms with Crippen molar-refractivity contribution in [2.75, 3.05) is 29.9 Å². The van der Waals surface area contributed by atoms with Crippen LogP contribution in [0.4, 0.5) is 5.82 Å². The minimum absolute atomic E-state index is 0.0105. The molecule has 2 aromatic heterocycles. The third kappa shape index (κ3) is 4.62. The molecule has 2 N–H and O–H groups in total. The molecule has 0 spiro atoms. The Labute approximate surface area is 179 Å². The zero-order chi connectivity index (χ0) is 21.1. The zero-order valence-corrected chi connectivity index (χ0v) is 18.4. The number of rotatable bonds is 7. The highest BCUT2D eigenvalue weighted by molar-refractivity contribution is 7.91. The summed E-state index contributed by atoms with van der Waals surface area (Å²) in [5, 5.41) is 7.14. The van der Waals surface area contributed by atoms with Crippen LogP contribution in [0.1, 0.15) is 27.2 Å². The number of hydrogen-bond donors (Lipinski definition) is 2. The molecule has 0 unspecified atom stereocenters. The van der Waals surface area contributed by atoms with Crippen molar-refractivity contribution in [3.05, 3.63) is 52.7 Å². The van der Waals surface area contributed by atoms with E-state index in [9.17, 15) is 13.2 Å². The van der Waals surface area contributed by atoms with E-state index in [0.717, 1.165) is 34.6 Å². The number of nitrogens with zero attached hydrogens (tertiary/aromatic N) is 2. The van der Waals surface area contributed by atoms with E-state index < -0.39 is 9.84 Å². The van der Waals surface area contributed by atoms with E-state index in [1.54, 1.807) is 0 Å². The Morgan fingerprint density at radius 1 is 1.23 bits per heavy atom. The van der Waals surface area contributed by atoms with Crippen molar-refractivity contribution in [3.8, 4) is 0 Å². The van der Waals surface area contributed by atoms with Gasteiger partial charge in [-0.15, -0.1) is 11.3 Å². The molecule has 7 nitrogen and oxygen atoms in total. The number of benzene rings is 1. The Bertz CT molecular complexity index is 1160. The van der Waals surface area contributed by atoms with Gasteiger partial charge in [-0.3, -0.25) is 4.79 Å². The topological polar surface area (TPSA) is 101 Å².